The average molecular weight is 765 g/mol. The monoisotopic (exact) mass is 762 g/mol. The van der Waals surface area contributed by atoms with Crippen LogP contribution in [0.1, 0.15) is 64.2 Å². The molecule has 49 heavy (non-hydrogen) atoms. The predicted octanol–water partition coefficient (Wildman–Crippen LogP) is 7.33. The van der Waals surface area contributed by atoms with Crippen LogP contribution in [0.3, 0.4) is 0 Å². The molecule has 4 fully saturated rings. The number of hydrogen-bond acceptors (Lipinski definition) is 6. The number of likely N-dealkylation sites (tertiary alicyclic amines) is 2. The van der Waals surface area contributed by atoms with Gasteiger partial charge >= 0.3 is 0 Å². The molecule has 4 saturated heterocycles. The first-order chi connectivity index (χ1) is 21.8. The van der Waals surface area contributed by atoms with Gasteiger partial charge in [-0.1, -0.05) is 58.7 Å². The maximum absolute atomic E-state index is 5.92. The van der Waals surface area contributed by atoms with Gasteiger partial charge in [0.15, 0.2) is 0 Å². The van der Waals surface area contributed by atoms with Crippen LogP contribution < -0.4 is 20.1 Å². The van der Waals surface area contributed by atoms with Gasteiger partial charge in [-0.2, -0.15) is 0 Å². The second-order valence-corrected chi connectivity index (χ2v) is 12.7. The Morgan fingerprint density at radius 3 is 1.16 bits per heavy atom. The van der Waals surface area contributed by atoms with Crippen LogP contribution in [-0.2, 0) is 0 Å². The molecule has 4 N–H and O–H groups in total. The van der Waals surface area contributed by atoms with Crippen molar-refractivity contribution in [2.45, 2.75) is 64.2 Å². The summed E-state index contributed by atoms with van der Waals surface area (Å²) in [4.78, 5) is 5.24. The largest absolute Gasteiger partial charge is 0.493 e. The average Bonchev–Trinajstić information content (AvgIpc) is 3.81. The first-order valence-electron chi connectivity index (χ1n) is 17.4. The van der Waals surface area contributed by atoms with E-state index in [0.717, 1.165) is 76.8 Å². The standard InChI is InChI=1S/2C19H28N2O.4ClH.H2O/c2*1-2-6-19(7-3-1)22-15-10-18(16-21-13-4-5-14-21)17-8-11-20-12-9-17;;;;;/h2*1-3,6-7,20H,4-5,8-16H2;4*1H;1H2. The molecule has 0 atom stereocenters. The highest BCUT2D eigenvalue weighted by molar-refractivity contribution is 5.86. The van der Waals surface area contributed by atoms with Gasteiger partial charge in [-0.05, 0) is 128 Å². The van der Waals surface area contributed by atoms with Crippen LogP contribution in [0.2, 0.25) is 0 Å². The van der Waals surface area contributed by atoms with E-state index in [1.54, 1.807) is 22.3 Å². The summed E-state index contributed by atoms with van der Waals surface area (Å²) in [5.74, 6) is 1.97. The van der Waals surface area contributed by atoms with Crippen molar-refractivity contribution in [1.82, 2.24) is 20.4 Å². The Morgan fingerprint density at radius 1 is 0.510 bits per heavy atom. The Hall–Kier alpha value is -1.52. The summed E-state index contributed by atoms with van der Waals surface area (Å²) in [7, 11) is 0. The van der Waals surface area contributed by atoms with Crippen LogP contribution in [0, 0.1) is 0 Å². The molecule has 0 aliphatic carbocycles. The van der Waals surface area contributed by atoms with Crippen molar-refractivity contribution in [1.29, 1.82) is 0 Å². The van der Waals surface area contributed by atoms with Crippen molar-refractivity contribution in [3.05, 3.63) is 83.0 Å². The molecular formula is C38H62Cl4N4O3. The highest BCUT2D eigenvalue weighted by Crippen LogP contribution is 2.23. The second-order valence-electron chi connectivity index (χ2n) is 12.7. The molecule has 280 valence electrons. The molecule has 0 aromatic heterocycles. The number of para-hydroxylation sites is 2. The van der Waals surface area contributed by atoms with Crippen molar-refractivity contribution in [2.24, 2.45) is 0 Å². The molecule has 4 heterocycles. The van der Waals surface area contributed by atoms with E-state index < -0.39 is 0 Å². The van der Waals surface area contributed by atoms with Crippen LogP contribution in [-0.4, -0.2) is 93.9 Å². The number of nitrogens with zero attached hydrogens (tertiary/aromatic N) is 2. The first-order valence-corrected chi connectivity index (χ1v) is 17.4. The fourth-order valence-electron chi connectivity index (χ4n) is 6.94. The molecule has 0 radical (unpaired) electrons. The number of ether oxygens (including phenoxy) is 2. The zero-order valence-corrected chi connectivity index (χ0v) is 32.4. The summed E-state index contributed by atoms with van der Waals surface area (Å²) < 4.78 is 11.8. The van der Waals surface area contributed by atoms with E-state index in [9.17, 15) is 0 Å². The zero-order chi connectivity index (χ0) is 30.1. The lowest BCUT2D eigenvalue weighted by molar-refractivity contribution is 0.306. The van der Waals surface area contributed by atoms with Crippen LogP contribution in [0.15, 0.2) is 83.0 Å². The van der Waals surface area contributed by atoms with Crippen LogP contribution in [0.5, 0.6) is 11.5 Å². The van der Waals surface area contributed by atoms with Gasteiger partial charge in [0.05, 0.1) is 13.2 Å². The predicted molar refractivity (Wildman–Crippen MR) is 215 cm³/mol. The van der Waals surface area contributed by atoms with E-state index >= 15 is 0 Å². The summed E-state index contributed by atoms with van der Waals surface area (Å²) in [5, 5.41) is 6.93. The van der Waals surface area contributed by atoms with Gasteiger partial charge in [-0.3, -0.25) is 9.80 Å². The molecular weight excluding hydrogens is 702 g/mol. The summed E-state index contributed by atoms with van der Waals surface area (Å²) in [6, 6.07) is 20.4. The molecule has 0 spiro atoms. The van der Waals surface area contributed by atoms with Crippen LogP contribution in [0.4, 0.5) is 0 Å². The van der Waals surface area contributed by atoms with Gasteiger partial charge in [-0.15, -0.1) is 49.6 Å². The van der Waals surface area contributed by atoms with E-state index in [2.05, 4.69) is 20.4 Å². The minimum Gasteiger partial charge on any atom is -0.493 e. The van der Waals surface area contributed by atoms with Gasteiger partial charge in [0.2, 0.25) is 0 Å². The lowest BCUT2D eigenvalue weighted by Crippen LogP contribution is -2.28. The Bertz CT molecular complexity index is 1050. The Kier molecular flexibility index (Phi) is 27.2. The van der Waals surface area contributed by atoms with E-state index in [1.807, 2.05) is 60.7 Å². The van der Waals surface area contributed by atoms with Crippen molar-refractivity contribution in [2.75, 3.05) is 78.7 Å². The van der Waals surface area contributed by atoms with Gasteiger partial charge in [0, 0.05) is 25.9 Å². The summed E-state index contributed by atoms with van der Waals surface area (Å²) >= 11 is 0. The van der Waals surface area contributed by atoms with E-state index in [1.165, 1.54) is 77.5 Å². The van der Waals surface area contributed by atoms with Crippen LogP contribution >= 0.6 is 49.6 Å². The number of piperidine rings is 2. The lowest BCUT2D eigenvalue weighted by atomic mass is 9.96. The van der Waals surface area contributed by atoms with Gasteiger partial charge in [0.1, 0.15) is 11.5 Å². The van der Waals surface area contributed by atoms with E-state index in [-0.39, 0.29) is 55.1 Å². The van der Waals surface area contributed by atoms with Crippen molar-refractivity contribution < 1.29 is 14.9 Å². The highest BCUT2D eigenvalue weighted by Gasteiger charge is 2.18. The highest BCUT2D eigenvalue weighted by atomic mass is 35.5. The molecule has 0 unspecified atom stereocenters. The number of halogens is 4. The summed E-state index contributed by atoms with van der Waals surface area (Å²) in [6.45, 7) is 13.6. The fourth-order valence-corrected chi connectivity index (χ4v) is 6.94. The quantitative estimate of drug-likeness (QED) is 0.221. The van der Waals surface area contributed by atoms with Crippen molar-refractivity contribution >= 4 is 49.6 Å². The molecule has 2 aromatic carbocycles. The van der Waals surface area contributed by atoms with Crippen molar-refractivity contribution in [3.8, 4) is 11.5 Å². The topological polar surface area (TPSA) is 80.5 Å². The first kappa shape index (κ1) is 47.5. The van der Waals surface area contributed by atoms with Gasteiger partial charge in [-0.25, -0.2) is 0 Å². The molecule has 11 heteroatoms. The maximum atomic E-state index is 5.92. The molecule has 0 bridgehead atoms. The van der Waals surface area contributed by atoms with Crippen molar-refractivity contribution in [3.63, 3.8) is 0 Å². The molecule has 4 aliphatic rings. The third-order valence-corrected chi connectivity index (χ3v) is 9.47. The minimum absolute atomic E-state index is 0. The van der Waals surface area contributed by atoms with Gasteiger partial charge < -0.3 is 25.6 Å². The molecule has 6 rings (SSSR count). The summed E-state index contributed by atoms with van der Waals surface area (Å²) in [6.07, 6.45) is 12.5. The third-order valence-electron chi connectivity index (χ3n) is 9.47. The Morgan fingerprint density at radius 2 is 0.837 bits per heavy atom. The smallest absolute Gasteiger partial charge is 0.119 e. The number of nitrogens with one attached hydrogen (secondary N) is 2. The van der Waals surface area contributed by atoms with Gasteiger partial charge in [0.25, 0.3) is 0 Å². The second kappa shape index (κ2) is 28.1. The Balaban J connectivity index is 0.000000853. The van der Waals surface area contributed by atoms with Crippen LogP contribution in [0.25, 0.3) is 0 Å². The zero-order valence-electron chi connectivity index (χ0n) is 29.2. The third kappa shape index (κ3) is 17.5. The van der Waals surface area contributed by atoms with E-state index in [0.29, 0.717) is 0 Å². The number of hydrogen-bond donors (Lipinski definition) is 2. The van der Waals surface area contributed by atoms with E-state index in [4.69, 9.17) is 9.47 Å². The molecule has 4 aliphatic heterocycles. The fraction of sp³-hybridized carbons (Fsp3) is 0.579. The molecule has 0 amide bonds. The molecule has 0 saturated carbocycles. The lowest BCUT2D eigenvalue weighted by Gasteiger charge is -2.24. The maximum Gasteiger partial charge on any atom is 0.119 e. The SMILES string of the molecule is Cl.Cl.Cl.Cl.O.c1ccc(OCCC(CN2CCCC2)=C2CCNCC2)cc1.c1ccc(OCCC(CN2CCCC2)=C2CCNCC2)cc1. The summed E-state index contributed by atoms with van der Waals surface area (Å²) in [5.41, 5.74) is 6.64. The Labute approximate surface area is 321 Å². The minimum atomic E-state index is 0. The molecule has 2 aromatic rings. The normalized spacial score (nSPS) is 17.4. The number of rotatable bonds is 12. The molecule has 7 nitrogen and oxygen atoms in total. The number of benzene rings is 2.